The zero-order valence-electron chi connectivity index (χ0n) is 14.5. The molecule has 1 aromatic carbocycles. The van der Waals surface area contributed by atoms with Crippen LogP contribution in [0.25, 0.3) is 11.1 Å². The highest BCUT2D eigenvalue weighted by Crippen LogP contribution is 2.22. The number of oxazole rings is 1. The van der Waals surface area contributed by atoms with Crippen molar-refractivity contribution in [2.75, 3.05) is 18.4 Å². The van der Waals surface area contributed by atoms with E-state index in [1.165, 1.54) is 0 Å². The lowest BCUT2D eigenvalue weighted by Crippen LogP contribution is -2.39. The van der Waals surface area contributed by atoms with Crippen molar-refractivity contribution in [1.29, 1.82) is 0 Å². The van der Waals surface area contributed by atoms with Gasteiger partial charge in [0, 0.05) is 30.4 Å². The van der Waals surface area contributed by atoms with E-state index in [4.69, 9.17) is 4.42 Å². The molecular weight excluding hydrogens is 332 g/mol. The molecule has 7 heteroatoms. The Labute approximate surface area is 150 Å². The van der Waals surface area contributed by atoms with Crippen molar-refractivity contribution in [3.05, 3.63) is 58.2 Å². The van der Waals surface area contributed by atoms with Gasteiger partial charge in [0.05, 0.1) is 5.52 Å². The molecule has 3 heterocycles. The van der Waals surface area contributed by atoms with Crippen LogP contribution in [0.1, 0.15) is 28.9 Å². The van der Waals surface area contributed by atoms with Crippen LogP contribution < -0.4 is 11.1 Å². The first-order chi connectivity index (χ1) is 12.6. The van der Waals surface area contributed by atoms with E-state index in [1.54, 1.807) is 18.2 Å². The molecule has 26 heavy (non-hydrogen) atoms. The van der Waals surface area contributed by atoms with Gasteiger partial charge in [-0.15, -0.1) is 0 Å². The highest BCUT2D eigenvalue weighted by atomic mass is 16.4. The minimum absolute atomic E-state index is 0.0320. The first kappa shape index (κ1) is 16.4. The Kier molecular flexibility index (Phi) is 4.20. The number of fused-ring (bicyclic) bond motifs is 1. The number of hydrogen-bond donors (Lipinski definition) is 2. The second-order valence-electron chi connectivity index (χ2n) is 6.57. The van der Waals surface area contributed by atoms with E-state index >= 15 is 0 Å². The molecule has 1 aliphatic heterocycles. The standard InChI is InChI=1S/C19H20N4O3/c1-12-4-2-6-17(21-12)20-11-14-5-3-9-23(14)18(24)13-7-8-16-15(10-13)22-19(25)26-16/h2,4,6-8,10,14H,3,5,9,11H2,1H3,(H,20,21)(H,22,25). The smallest absolute Gasteiger partial charge is 0.408 e. The molecule has 1 atom stereocenters. The third-order valence-electron chi connectivity index (χ3n) is 4.71. The number of benzene rings is 1. The number of nitrogens with one attached hydrogen (secondary N) is 2. The number of aromatic amines is 1. The van der Waals surface area contributed by atoms with Crippen molar-refractivity contribution < 1.29 is 9.21 Å². The fraction of sp³-hybridized carbons (Fsp3) is 0.316. The third kappa shape index (κ3) is 3.20. The number of carbonyl (C=O) groups excluding carboxylic acids is 1. The molecule has 0 spiro atoms. The van der Waals surface area contributed by atoms with Crippen LogP contribution in [0, 0.1) is 6.92 Å². The van der Waals surface area contributed by atoms with Crippen molar-refractivity contribution in [3.8, 4) is 0 Å². The fourth-order valence-electron chi connectivity index (χ4n) is 3.43. The third-order valence-corrected chi connectivity index (χ3v) is 4.71. The largest absolute Gasteiger partial charge is 0.417 e. The Morgan fingerprint density at radius 2 is 2.27 bits per heavy atom. The SMILES string of the molecule is Cc1cccc(NCC2CCCN2C(=O)c2ccc3oc(=O)[nH]c3c2)n1. The lowest BCUT2D eigenvalue weighted by atomic mass is 10.1. The van der Waals surface area contributed by atoms with Gasteiger partial charge >= 0.3 is 5.76 Å². The summed E-state index contributed by atoms with van der Waals surface area (Å²) in [5.41, 5.74) is 2.50. The van der Waals surface area contributed by atoms with Crippen LogP contribution in [0.3, 0.4) is 0 Å². The summed E-state index contributed by atoms with van der Waals surface area (Å²) in [6.07, 6.45) is 1.93. The Bertz CT molecular complexity index is 1010. The predicted octanol–water partition coefficient (Wildman–Crippen LogP) is 2.54. The van der Waals surface area contributed by atoms with Gasteiger partial charge in [0.15, 0.2) is 5.58 Å². The summed E-state index contributed by atoms with van der Waals surface area (Å²) in [5.74, 6) is 0.274. The van der Waals surface area contributed by atoms with Crippen molar-refractivity contribution >= 4 is 22.8 Å². The van der Waals surface area contributed by atoms with E-state index in [-0.39, 0.29) is 11.9 Å². The first-order valence-corrected chi connectivity index (χ1v) is 8.71. The first-order valence-electron chi connectivity index (χ1n) is 8.71. The quantitative estimate of drug-likeness (QED) is 0.753. The number of nitrogens with zero attached hydrogens (tertiary/aromatic N) is 2. The lowest BCUT2D eigenvalue weighted by molar-refractivity contribution is 0.0744. The van der Waals surface area contributed by atoms with Gasteiger partial charge < -0.3 is 14.6 Å². The number of aryl methyl sites for hydroxylation is 1. The average molecular weight is 352 g/mol. The van der Waals surface area contributed by atoms with Gasteiger partial charge in [-0.05, 0) is 50.1 Å². The van der Waals surface area contributed by atoms with Gasteiger partial charge in [-0.3, -0.25) is 9.78 Å². The molecule has 1 unspecified atom stereocenters. The molecule has 7 nitrogen and oxygen atoms in total. The fourth-order valence-corrected chi connectivity index (χ4v) is 3.43. The van der Waals surface area contributed by atoms with Gasteiger partial charge in [-0.1, -0.05) is 6.07 Å². The van der Waals surface area contributed by atoms with Gasteiger partial charge in [-0.25, -0.2) is 9.78 Å². The molecule has 0 bridgehead atoms. The Balaban J connectivity index is 1.49. The number of rotatable bonds is 4. The molecule has 2 N–H and O–H groups in total. The topological polar surface area (TPSA) is 91.2 Å². The second kappa shape index (κ2) is 6.67. The zero-order valence-corrected chi connectivity index (χ0v) is 14.5. The molecule has 2 aromatic heterocycles. The van der Waals surface area contributed by atoms with Gasteiger partial charge in [0.25, 0.3) is 5.91 Å². The number of hydrogen-bond acceptors (Lipinski definition) is 5. The molecule has 1 amide bonds. The molecule has 1 fully saturated rings. The minimum atomic E-state index is -0.515. The number of H-pyrrole nitrogens is 1. The van der Waals surface area contributed by atoms with Gasteiger partial charge in [0.1, 0.15) is 5.82 Å². The maximum absolute atomic E-state index is 12.9. The summed E-state index contributed by atoms with van der Waals surface area (Å²) in [4.78, 5) is 33.1. The summed E-state index contributed by atoms with van der Waals surface area (Å²) in [6, 6.07) is 11.0. The predicted molar refractivity (Wildman–Crippen MR) is 98.4 cm³/mol. The van der Waals surface area contributed by atoms with E-state index in [0.717, 1.165) is 30.9 Å². The van der Waals surface area contributed by atoms with E-state index < -0.39 is 5.76 Å². The Morgan fingerprint density at radius 3 is 3.12 bits per heavy atom. The lowest BCUT2D eigenvalue weighted by Gasteiger charge is -2.25. The zero-order chi connectivity index (χ0) is 18.1. The normalized spacial score (nSPS) is 17.0. The van der Waals surface area contributed by atoms with Crippen molar-refractivity contribution in [3.63, 3.8) is 0 Å². The summed E-state index contributed by atoms with van der Waals surface area (Å²) < 4.78 is 4.99. The molecule has 3 aromatic rings. The van der Waals surface area contributed by atoms with Crippen LogP contribution >= 0.6 is 0 Å². The van der Waals surface area contributed by atoms with Crippen LogP contribution in [-0.4, -0.2) is 39.9 Å². The maximum Gasteiger partial charge on any atom is 0.417 e. The molecule has 0 radical (unpaired) electrons. The Morgan fingerprint density at radius 1 is 1.38 bits per heavy atom. The van der Waals surface area contributed by atoms with E-state index in [2.05, 4.69) is 15.3 Å². The summed E-state index contributed by atoms with van der Waals surface area (Å²) in [7, 11) is 0. The monoisotopic (exact) mass is 352 g/mol. The van der Waals surface area contributed by atoms with Crippen molar-refractivity contribution in [2.24, 2.45) is 0 Å². The van der Waals surface area contributed by atoms with E-state index in [1.807, 2.05) is 30.0 Å². The highest BCUT2D eigenvalue weighted by molar-refractivity contribution is 5.97. The van der Waals surface area contributed by atoms with E-state index in [9.17, 15) is 9.59 Å². The van der Waals surface area contributed by atoms with Gasteiger partial charge in [-0.2, -0.15) is 0 Å². The molecule has 4 rings (SSSR count). The average Bonchev–Trinajstić information content (AvgIpc) is 3.24. The minimum Gasteiger partial charge on any atom is -0.408 e. The number of anilines is 1. The molecule has 134 valence electrons. The number of aromatic nitrogens is 2. The van der Waals surface area contributed by atoms with Crippen LogP contribution in [0.2, 0.25) is 0 Å². The van der Waals surface area contributed by atoms with Crippen molar-refractivity contribution in [1.82, 2.24) is 14.9 Å². The molecule has 0 saturated carbocycles. The maximum atomic E-state index is 12.9. The van der Waals surface area contributed by atoms with Crippen molar-refractivity contribution in [2.45, 2.75) is 25.8 Å². The molecule has 0 aliphatic carbocycles. The molecule has 1 aliphatic rings. The van der Waals surface area contributed by atoms with Gasteiger partial charge in [0.2, 0.25) is 0 Å². The molecular formula is C19H20N4O3. The highest BCUT2D eigenvalue weighted by Gasteiger charge is 2.29. The van der Waals surface area contributed by atoms with Crippen LogP contribution in [0.5, 0.6) is 0 Å². The van der Waals surface area contributed by atoms with Crippen LogP contribution in [-0.2, 0) is 0 Å². The van der Waals surface area contributed by atoms with Crippen LogP contribution in [0.15, 0.2) is 45.6 Å². The van der Waals surface area contributed by atoms with Crippen LogP contribution in [0.4, 0.5) is 5.82 Å². The molecule has 1 saturated heterocycles. The number of likely N-dealkylation sites (tertiary alicyclic amines) is 1. The summed E-state index contributed by atoms with van der Waals surface area (Å²) in [5, 5.41) is 3.33. The number of carbonyl (C=O) groups is 1. The summed E-state index contributed by atoms with van der Waals surface area (Å²) >= 11 is 0. The van der Waals surface area contributed by atoms with E-state index in [0.29, 0.717) is 23.2 Å². The number of pyridine rings is 1. The Hall–Kier alpha value is -3.09. The number of amides is 1. The second-order valence-corrected chi connectivity index (χ2v) is 6.57. The summed E-state index contributed by atoms with van der Waals surface area (Å²) in [6.45, 7) is 3.34.